The molecule has 154 valence electrons. The Morgan fingerprint density at radius 2 is 1.90 bits per heavy atom. The second-order valence-corrected chi connectivity index (χ2v) is 8.93. The van der Waals surface area contributed by atoms with Crippen LogP contribution in [0.2, 0.25) is 0 Å². The Morgan fingerprint density at radius 3 is 2.66 bits per heavy atom. The van der Waals surface area contributed by atoms with Gasteiger partial charge in [0.1, 0.15) is 0 Å². The van der Waals surface area contributed by atoms with Gasteiger partial charge in [0.2, 0.25) is 5.91 Å². The number of carbonyl (C=O) groups is 1. The van der Waals surface area contributed by atoms with Gasteiger partial charge in [-0.05, 0) is 43.4 Å². The lowest BCUT2D eigenvalue weighted by Crippen LogP contribution is -2.37. The van der Waals surface area contributed by atoms with Crippen molar-refractivity contribution in [2.24, 2.45) is 11.3 Å². The average Bonchev–Trinajstić information content (AvgIpc) is 3.25. The molecule has 0 radical (unpaired) electrons. The van der Waals surface area contributed by atoms with E-state index in [2.05, 4.69) is 70.2 Å². The minimum Gasteiger partial charge on any atom is -0.342 e. The van der Waals surface area contributed by atoms with E-state index in [1.807, 2.05) is 6.92 Å². The average molecular weight is 392 g/mol. The second-order valence-electron chi connectivity index (χ2n) is 8.93. The molecule has 2 aromatic rings. The summed E-state index contributed by atoms with van der Waals surface area (Å²) in [5.41, 5.74) is 3.92. The van der Waals surface area contributed by atoms with Crippen LogP contribution in [0.4, 0.5) is 0 Å². The van der Waals surface area contributed by atoms with Crippen LogP contribution in [-0.4, -0.2) is 53.4 Å². The fourth-order valence-corrected chi connectivity index (χ4v) is 5.28. The van der Waals surface area contributed by atoms with Crippen molar-refractivity contribution in [3.63, 3.8) is 0 Å². The number of fused-ring (bicyclic) bond motifs is 1. The van der Waals surface area contributed by atoms with Crippen LogP contribution in [0.5, 0.6) is 0 Å². The third-order valence-electron chi connectivity index (χ3n) is 6.87. The molecule has 4 nitrogen and oxygen atoms in total. The van der Waals surface area contributed by atoms with Crippen molar-refractivity contribution < 1.29 is 4.79 Å². The Morgan fingerprint density at radius 1 is 1.07 bits per heavy atom. The molecule has 29 heavy (non-hydrogen) atoms. The van der Waals surface area contributed by atoms with Crippen molar-refractivity contribution >= 4 is 5.91 Å². The highest BCUT2D eigenvalue weighted by Gasteiger charge is 2.52. The minimum atomic E-state index is 0.237. The summed E-state index contributed by atoms with van der Waals surface area (Å²) < 4.78 is 0. The fourth-order valence-electron chi connectivity index (χ4n) is 5.28. The molecule has 1 aromatic carbocycles. The Hall–Kier alpha value is -2.20. The maximum Gasteiger partial charge on any atom is 0.222 e. The molecule has 0 aliphatic carbocycles. The molecule has 1 aromatic heterocycles. The van der Waals surface area contributed by atoms with Crippen molar-refractivity contribution in [1.82, 2.24) is 14.8 Å². The van der Waals surface area contributed by atoms with Crippen molar-refractivity contribution in [2.45, 2.75) is 39.5 Å². The highest BCUT2D eigenvalue weighted by Crippen LogP contribution is 2.46. The Labute approximate surface area is 174 Å². The standard InChI is InChI=1S/C25H33N3O/c1-3-24(29)28-17-22-16-27(15-13-23-11-7-8-20(2)26-23)18-25(22,19-28)14-12-21-9-5-4-6-10-21/h4-11,22H,3,12-19H2,1-2H3. The van der Waals surface area contributed by atoms with Gasteiger partial charge < -0.3 is 9.80 Å². The molecule has 4 heteroatoms. The zero-order valence-electron chi connectivity index (χ0n) is 17.8. The van der Waals surface area contributed by atoms with Crippen LogP contribution in [0.25, 0.3) is 0 Å². The van der Waals surface area contributed by atoms with Gasteiger partial charge in [0.05, 0.1) is 0 Å². The number of hydrogen-bond donors (Lipinski definition) is 0. The summed E-state index contributed by atoms with van der Waals surface area (Å²) in [6.07, 6.45) is 3.87. The molecule has 2 atom stereocenters. The largest absolute Gasteiger partial charge is 0.342 e. The Balaban J connectivity index is 1.43. The molecule has 0 saturated carbocycles. The summed E-state index contributed by atoms with van der Waals surface area (Å²) in [5, 5.41) is 0. The van der Waals surface area contributed by atoms with E-state index in [9.17, 15) is 4.79 Å². The van der Waals surface area contributed by atoms with Crippen molar-refractivity contribution in [1.29, 1.82) is 0 Å². The number of carbonyl (C=O) groups excluding carboxylic acids is 1. The fraction of sp³-hybridized carbons (Fsp3) is 0.520. The molecular weight excluding hydrogens is 358 g/mol. The van der Waals surface area contributed by atoms with E-state index in [1.54, 1.807) is 0 Å². The van der Waals surface area contributed by atoms with Gasteiger partial charge in [0.15, 0.2) is 0 Å². The van der Waals surface area contributed by atoms with Crippen LogP contribution in [0, 0.1) is 18.3 Å². The van der Waals surface area contributed by atoms with Gasteiger partial charge in [-0.15, -0.1) is 0 Å². The first-order valence-electron chi connectivity index (χ1n) is 11.0. The van der Waals surface area contributed by atoms with Gasteiger partial charge >= 0.3 is 0 Å². The first kappa shape index (κ1) is 20.1. The SMILES string of the molecule is CCC(=O)N1CC2CN(CCc3cccc(C)n3)CC2(CCc2ccccc2)C1. The lowest BCUT2D eigenvalue weighted by Gasteiger charge is -2.29. The number of pyridine rings is 1. The molecule has 0 N–H and O–H groups in total. The molecule has 2 saturated heterocycles. The maximum absolute atomic E-state index is 12.4. The van der Waals surface area contributed by atoms with Crippen LogP contribution in [0.15, 0.2) is 48.5 Å². The molecule has 1 amide bonds. The molecule has 0 spiro atoms. The monoisotopic (exact) mass is 391 g/mol. The highest BCUT2D eigenvalue weighted by atomic mass is 16.2. The highest BCUT2D eigenvalue weighted by molar-refractivity contribution is 5.76. The second kappa shape index (κ2) is 8.66. The van der Waals surface area contributed by atoms with Gasteiger partial charge in [0.25, 0.3) is 0 Å². The minimum absolute atomic E-state index is 0.237. The van der Waals surface area contributed by atoms with Gasteiger partial charge in [-0.2, -0.15) is 0 Å². The molecule has 2 aliphatic rings. The van der Waals surface area contributed by atoms with E-state index in [-0.39, 0.29) is 5.41 Å². The van der Waals surface area contributed by atoms with E-state index in [1.165, 1.54) is 11.3 Å². The van der Waals surface area contributed by atoms with Crippen LogP contribution >= 0.6 is 0 Å². The Kier molecular flexibility index (Phi) is 6.00. The zero-order chi connectivity index (χ0) is 20.3. The normalized spacial score (nSPS) is 24.1. The van der Waals surface area contributed by atoms with Crippen molar-refractivity contribution in [3.8, 4) is 0 Å². The van der Waals surface area contributed by atoms with Gasteiger partial charge in [-0.1, -0.05) is 43.3 Å². The summed E-state index contributed by atoms with van der Waals surface area (Å²) >= 11 is 0. The molecule has 2 unspecified atom stereocenters. The molecule has 4 rings (SSSR count). The number of rotatable bonds is 7. The number of nitrogens with zero attached hydrogens (tertiary/aromatic N) is 3. The summed E-state index contributed by atoms with van der Waals surface area (Å²) in [6, 6.07) is 17.1. The molecule has 2 fully saturated rings. The third kappa shape index (κ3) is 4.53. The summed E-state index contributed by atoms with van der Waals surface area (Å²) in [6.45, 7) is 9.16. The summed E-state index contributed by atoms with van der Waals surface area (Å²) in [7, 11) is 0. The first-order valence-corrected chi connectivity index (χ1v) is 11.0. The third-order valence-corrected chi connectivity index (χ3v) is 6.87. The lowest BCUT2D eigenvalue weighted by molar-refractivity contribution is -0.130. The van der Waals surface area contributed by atoms with Gasteiger partial charge in [-0.3, -0.25) is 9.78 Å². The zero-order valence-corrected chi connectivity index (χ0v) is 17.8. The van der Waals surface area contributed by atoms with Gasteiger partial charge in [-0.25, -0.2) is 0 Å². The number of aryl methyl sites for hydroxylation is 2. The number of benzene rings is 1. The number of amides is 1. The maximum atomic E-state index is 12.4. The molecule has 2 aliphatic heterocycles. The quantitative estimate of drug-likeness (QED) is 0.721. The van der Waals surface area contributed by atoms with E-state index in [0.29, 0.717) is 18.2 Å². The predicted octanol–water partition coefficient (Wildman–Crippen LogP) is 3.74. The number of likely N-dealkylation sites (tertiary alicyclic amines) is 2. The molecular formula is C25H33N3O. The smallest absolute Gasteiger partial charge is 0.222 e. The number of aromatic nitrogens is 1. The Bertz CT molecular complexity index is 837. The first-order chi connectivity index (χ1) is 14.1. The van der Waals surface area contributed by atoms with Crippen LogP contribution < -0.4 is 0 Å². The molecule has 3 heterocycles. The summed E-state index contributed by atoms with van der Waals surface area (Å²) in [5.74, 6) is 0.904. The van der Waals surface area contributed by atoms with Crippen molar-refractivity contribution in [3.05, 3.63) is 65.5 Å². The van der Waals surface area contributed by atoms with E-state index in [4.69, 9.17) is 0 Å². The van der Waals surface area contributed by atoms with Gasteiger partial charge in [0, 0.05) is 62.4 Å². The van der Waals surface area contributed by atoms with Crippen molar-refractivity contribution in [2.75, 3.05) is 32.7 Å². The van der Waals surface area contributed by atoms with Crippen LogP contribution in [0.3, 0.4) is 0 Å². The van der Waals surface area contributed by atoms with Crippen LogP contribution in [-0.2, 0) is 17.6 Å². The molecule has 0 bridgehead atoms. The van der Waals surface area contributed by atoms with E-state index < -0.39 is 0 Å². The van der Waals surface area contributed by atoms with Crippen LogP contribution in [0.1, 0.15) is 36.7 Å². The summed E-state index contributed by atoms with van der Waals surface area (Å²) in [4.78, 5) is 21.8. The topological polar surface area (TPSA) is 36.4 Å². The lowest BCUT2D eigenvalue weighted by atomic mass is 9.76. The number of hydrogen-bond acceptors (Lipinski definition) is 3. The van der Waals surface area contributed by atoms with E-state index >= 15 is 0 Å². The predicted molar refractivity (Wildman–Crippen MR) is 117 cm³/mol. The van der Waals surface area contributed by atoms with E-state index in [0.717, 1.165) is 57.7 Å².